The predicted octanol–water partition coefficient (Wildman–Crippen LogP) is 3.72. The molecule has 0 unspecified atom stereocenters. The van der Waals surface area contributed by atoms with Crippen LogP contribution in [0.3, 0.4) is 0 Å². The van der Waals surface area contributed by atoms with Gasteiger partial charge in [-0.15, -0.1) is 0 Å². The van der Waals surface area contributed by atoms with E-state index in [9.17, 15) is 0 Å². The van der Waals surface area contributed by atoms with Crippen LogP contribution in [0.1, 0.15) is 63.7 Å². The first-order valence-corrected chi connectivity index (χ1v) is 6.52. The highest BCUT2D eigenvalue weighted by molar-refractivity contribution is 5.40. The van der Waals surface area contributed by atoms with Gasteiger partial charge >= 0.3 is 0 Å². The largest absolute Gasteiger partial charge is 0.381 e. The standard InChI is InChI=1S/C13H24N2O/c1-3-5-6-7-8-9-10-12-11(4-2)13(14)15-16-12/h3-10H2,1-2H3,(H2,14,15). The summed E-state index contributed by atoms with van der Waals surface area (Å²) in [5.74, 6) is 1.57. The number of anilines is 1. The van der Waals surface area contributed by atoms with Gasteiger partial charge in [0.25, 0.3) is 0 Å². The zero-order valence-corrected chi connectivity index (χ0v) is 10.6. The van der Waals surface area contributed by atoms with Crippen molar-refractivity contribution in [1.82, 2.24) is 5.16 Å². The minimum Gasteiger partial charge on any atom is -0.381 e. The summed E-state index contributed by atoms with van der Waals surface area (Å²) in [6.07, 6.45) is 9.72. The zero-order valence-electron chi connectivity index (χ0n) is 10.6. The van der Waals surface area contributed by atoms with E-state index in [1.54, 1.807) is 0 Å². The second-order valence-corrected chi connectivity index (χ2v) is 4.34. The molecule has 0 radical (unpaired) electrons. The van der Waals surface area contributed by atoms with Gasteiger partial charge in [-0.05, 0) is 12.8 Å². The van der Waals surface area contributed by atoms with Crippen molar-refractivity contribution < 1.29 is 4.52 Å². The molecule has 16 heavy (non-hydrogen) atoms. The number of nitrogens with two attached hydrogens (primary N) is 1. The Morgan fingerprint density at radius 1 is 1.06 bits per heavy atom. The highest BCUT2D eigenvalue weighted by Gasteiger charge is 2.10. The van der Waals surface area contributed by atoms with E-state index < -0.39 is 0 Å². The monoisotopic (exact) mass is 224 g/mol. The Hall–Kier alpha value is -0.990. The molecule has 1 rings (SSSR count). The second kappa shape index (κ2) is 7.31. The normalized spacial score (nSPS) is 10.9. The Labute approximate surface area is 98.4 Å². The van der Waals surface area contributed by atoms with E-state index in [0.29, 0.717) is 5.82 Å². The van der Waals surface area contributed by atoms with Crippen LogP contribution in [0, 0.1) is 0 Å². The van der Waals surface area contributed by atoms with Gasteiger partial charge in [0, 0.05) is 12.0 Å². The number of aryl methyl sites for hydroxylation is 1. The van der Waals surface area contributed by atoms with Gasteiger partial charge in [0.1, 0.15) is 5.76 Å². The van der Waals surface area contributed by atoms with Crippen molar-refractivity contribution in [2.45, 2.75) is 65.2 Å². The second-order valence-electron chi connectivity index (χ2n) is 4.34. The highest BCUT2D eigenvalue weighted by atomic mass is 16.5. The number of unbranched alkanes of at least 4 members (excludes halogenated alkanes) is 5. The zero-order chi connectivity index (χ0) is 11.8. The maximum atomic E-state index is 5.72. The smallest absolute Gasteiger partial charge is 0.170 e. The fourth-order valence-corrected chi connectivity index (χ4v) is 2.00. The fraction of sp³-hybridized carbons (Fsp3) is 0.769. The molecule has 0 saturated heterocycles. The van der Waals surface area contributed by atoms with Crippen LogP contribution in [0.2, 0.25) is 0 Å². The third-order valence-electron chi connectivity index (χ3n) is 3.01. The molecule has 0 aliphatic rings. The van der Waals surface area contributed by atoms with Gasteiger partial charge in [0.15, 0.2) is 5.82 Å². The van der Waals surface area contributed by atoms with E-state index in [1.807, 2.05) is 0 Å². The first-order valence-electron chi connectivity index (χ1n) is 6.52. The van der Waals surface area contributed by atoms with Gasteiger partial charge in [-0.25, -0.2) is 0 Å². The summed E-state index contributed by atoms with van der Waals surface area (Å²) >= 11 is 0. The van der Waals surface area contributed by atoms with Gasteiger partial charge in [0.05, 0.1) is 0 Å². The van der Waals surface area contributed by atoms with Crippen molar-refractivity contribution in [3.8, 4) is 0 Å². The summed E-state index contributed by atoms with van der Waals surface area (Å²) in [7, 11) is 0. The van der Waals surface area contributed by atoms with Crippen molar-refractivity contribution >= 4 is 5.82 Å². The molecule has 92 valence electrons. The van der Waals surface area contributed by atoms with Crippen LogP contribution in [0.25, 0.3) is 0 Å². The van der Waals surface area contributed by atoms with E-state index in [4.69, 9.17) is 10.3 Å². The van der Waals surface area contributed by atoms with Gasteiger partial charge in [0.2, 0.25) is 0 Å². The molecule has 0 atom stereocenters. The summed E-state index contributed by atoms with van der Waals surface area (Å²) in [4.78, 5) is 0. The van der Waals surface area contributed by atoms with E-state index in [-0.39, 0.29) is 0 Å². The van der Waals surface area contributed by atoms with E-state index in [1.165, 1.54) is 38.5 Å². The minimum absolute atomic E-state index is 0.573. The summed E-state index contributed by atoms with van der Waals surface area (Å²) in [5, 5.41) is 3.82. The Balaban J connectivity index is 2.21. The van der Waals surface area contributed by atoms with E-state index >= 15 is 0 Å². The molecule has 0 bridgehead atoms. The average Bonchev–Trinajstić information content (AvgIpc) is 2.64. The molecular formula is C13H24N2O. The molecule has 1 aromatic rings. The molecule has 1 heterocycles. The average molecular weight is 224 g/mol. The predicted molar refractivity (Wildman–Crippen MR) is 67.4 cm³/mol. The third kappa shape index (κ3) is 3.87. The molecule has 0 spiro atoms. The summed E-state index contributed by atoms with van der Waals surface area (Å²) in [6, 6.07) is 0. The number of aromatic nitrogens is 1. The quantitative estimate of drug-likeness (QED) is 0.685. The number of nitrogen functional groups attached to an aromatic ring is 1. The highest BCUT2D eigenvalue weighted by Crippen LogP contribution is 2.19. The minimum atomic E-state index is 0.573. The lowest BCUT2D eigenvalue weighted by Crippen LogP contribution is -1.93. The molecule has 0 fully saturated rings. The van der Waals surface area contributed by atoms with Gasteiger partial charge in [-0.2, -0.15) is 0 Å². The molecule has 0 aliphatic heterocycles. The van der Waals surface area contributed by atoms with Crippen molar-refractivity contribution in [3.05, 3.63) is 11.3 Å². The number of nitrogens with zero attached hydrogens (tertiary/aromatic N) is 1. The molecule has 1 aromatic heterocycles. The van der Waals surface area contributed by atoms with Crippen LogP contribution in [0.4, 0.5) is 5.82 Å². The third-order valence-corrected chi connectivity index (χ3v) is 3.01. The fourth-order valence-electron chi connectivity index (χ4n) is 2.00. The number of hydrogen-bond donors (Lipinski definition) is 1. The summed E-state index contributed by atoms with van der Waals surface area (Å²) in [5.41, 5.74) is 6.82. The molecule has 0 amide bonds. The molecule has 0 aromatic carbocycles. The molecule has 0 aliphatic carbocycles. The van der Waals surface area contributed by atoms with E-state index in [2.05, 4.69) is 19.0 Å². The van der Waals surface area contributed by atoms with Gasteiger partial charge in [-0.3, -0.25) is 0 Å². The lowest BCUT2D eigenvalue weighted by molar-refractivity contribution is 0.379. The maximum absolute atomic E-state index is 5.72. The van der Waals surface area contributed by atoms with Crippen LogP contribution in [-0.4, -0.2) is 5.16 Å². The Bertz CT molecular complexity index is 294. The lowest BCUT2D eigenvalue weighted by Gasteiger charge is -2.00. The summed E-state index contributed by atoms with van der Waals surface area (Å²) < 4.78 is 5.24. The van der Waals surface area contributed by atoms with Gasteiger partial charge < -0.3 is 10.3 Å². The molecule has 2 N–H and O–H groups in total. The topological polar surface area (TPSA) is 52.0 Å². The van der Waals surface area contributed by atoms with Crippen LogP contribution in [-0.2, 0) is 12.8 Å². The first kappa shape index (κ1) is 13.1. The van der Waals surface area contributed by atoms with Crippen molar-refractivity contribution in [2.75, 3.05) is 5.73 Å². The van der Waals surface area contributed by atoms with Crippen molar-refractivity contribution in [3.63, 3.8) is 0 Å². The maximum Gasteiger partial charge on any atom is 0.170 e. The Morgan fingerprint density at radius 2 is 1.75 bits per heavy atom. The van der Waals surface area contributed by atoms with Crippen LogP contribution < -0.4 is 5.73 Å². The molecular weight excluding hydrogens is 200 g/mol. The molecule has 3 heteroatoms. The molecule has 3 nitrogen and oxygen atoms in total. The number of rotatable bonds is 8. The number of hydrogen-bond acceptors (Lipinski definition) is 3. The lowest BCUT2D eigenvalue weighted by atomic mass is 10.1. The first-order chi connectivity index (χ1) is 7.79. The van der Waals surface area contributed by atoms with Crippen LogP contribution in [0.5, 0.6) is 0 Å². The Morgan fingerprint density at radius 3 is 2.44 bits per heavy atom. The van der Waals surface area contributed by atoms with Crippen molar-refractivity contribution in [1.29, 1.82) is 0 Å². The van der Waals surface area contributed by atoms with Gasteiger partial charge in [-0.1, -0.05) is 51.1 Å². The van der Waals surface area contributed by atoms with Crippen molar-refractivity contribution in [2.24, 2.45) is 0 Å². The Kier molecular flexibility index (Phi) is 5.98. The van der Waals surface area contributed by atoms with Crippen LogP contribution in [0.15, 0.2) is 4.52 Å². The van der Waals surface area contributed by atoms with E-state index in [0.717, 1.165) is 24.2 Å². The SMILES string of the molecule is CCCCCCCCc1onc(N)c1CC. The molecule has 0 saturated carbocycles. The summed E-state index contributed by atoms with van der Waals surface area (Å²) in [6.45, 7) is 4.33. The van der Waals surface area contributed by atoms with Crippen LogP contribution >= 0.6 is 0 Å².